The van der Waals surface area contributed by atoms with Gasteiger partial charge in [0.1, 0.15) is 0 Å². The number of thioether (sulfide) groups is 1. The number of sulfone groups is 1. The molecule has 3 rings (SSSR count). The number of carbonyl (C=O) groups is 1. The number of benzene rings is 2. The van der Waals surface area contributed by atoms with Gasteiger partial charge in [0, 0.05) is 28.5 Å². The van der Waals surface area contributed by atoms with E-state index in [1.54, 1.807) is 28.8 Å². The molecule has 1 heterocycles. The first kappa shape index (κ1) is 17.6. The number of nitrogens with zero attached hydrogens (tertiary/aromatic N) is 1. The molecule has 1 amide bonds. The number of anilines is 1. The third-order valence-electron chi connectivity index (χ3n) is 3.63. The van der Waals surface area contributed by atoms with Gasteiger partial charge in [-0.2, -0.15) is 0 Å². The highest BCUT2D eigenvalue weighted by molar-refractivity contribution is 7.99. The molecule has 0 aromatic heterocycles. The van der Waals surface area contributed by atoms with Gasteiger partial charge in [-0.1, -0.05) is 23.2 Å². The zero-order valence-corrected chi connectivity index (χ0v) is 15.8. The number of hydrogen-bond acceptors (Lipinski definition) is 4. The Morgan fingerprint density at radius 2 is 1.92 bits per heavy atom. The summed E-state index contributed by atoms with van der Waals surface area (Å²) in [5.74, 6) is 0.401. The summed E-state index contributed by atoms with van der Waals surface area (Å²) < 4.78 is 23.5. The SMILES string of the molecule is CS(=O)(=O)c1ccc(Cl)c(C(=O)N2CCSc3ccc(Cl)cc32)c1. The van der Waals surface area contributed by atoms with Gasteiger partial charge in [-0.3, -0.25) is 4.79 Å². The van der Waals surface area contributed by atoms with Crippen LogP contribution in [0.15, 0.2) is 46.2 Å². The van der Waals surface area contributed by atoms with Crippen LogP contribution in [0.1, 0.15) is 10.4 Å². The number of halogens is 2. The number of rotatable bonds is 2. The third kappa shape index (κ3) is 3.42. The third-order valence-corrected chi connectivity index (χ3v) is 6.34. The zero-order valence-electron chi connectivity index (χ0n) is 12.6. The Morgan fingerprint density at radius 1 is 1.17 bits per heavy atom. The van der Waals surface area contributed by atoms with Gasteiger partial charge in [0.25, 0.3) is 5.91 Å². The van der Waals surface area contributed by atoms with E-state index in [1.165, 1.54) is 18.2 Å². The maximum absolute atomic E-state index is 13.0. The minimum Gasteiger partial charge on any atom is -0.306 e. The molecule has 24 heavy (non-hydrogen) atoms. The first-order chi connectivity index (χ1) is 11.3. The van der Waals surface area contributed by atoms with Crippen molar-refractivity contribution in [3.8, 4) is 0 Å². The molecule has 0 spiro atoms. The highest BCUT2D eigenvalue weighted by Crippen LogP contribution is 2.37. The van der Waals surface area contributed by atoms with Gasteiger partial charge in [0.15, 0.2) is 9.84 Å². The summed E-state index contributed by atoms with van der Waals surface area (Å²) >= 11 is 13.8. The molecule has 0 N–H and O–H groups in total. The first-order valence-electron chi connectivity index (χ1n) is 7.01. The second-order valence-corrected chi connectivity index (χ2v) is 9.33. The Balaban J connectivity index is 2.07. The molecule has 0 bridgehead atoms. The smallest absolute Gasteiger partial charge is 0.259 e. The van der Waals surface area contributed by atoms with Crippen LogP contribution in [0.2, 0.25) is 10.0 Å². The van der Waals surface area contributed by atoms with Gasteiger partial charge >= 0.3 is 0 Å². The second kappa shape index (κ2) is 6.59. The fraction of sp³-hybridized carbons (Fsp3) is 0.188. The molecule has 1 aliphatic rings. The van der Waals surface area contributed by atoms with Crippen LogP contribution in [0.3, 0.4) is 0 Å². The summed E-state index contributed by atoms with van der Waals surface area (Å²) in [5, 5.41) is 0.749. The molecule has 0 radical (unpaired) electrons. The van der Waals surface area contributed by atoms with Crippen LogP contribution in [-0.4, -0.2) is 32.9 Å². The fourth-order valence-electron chi connectivity index (χ4n) is 2.45. The topological polar surface area (TPSA) is 54.5 Å². The van der Waals surface area contributed by atoms with E-state index in [4.69, 9.17) is 23.2 Å². The Morgan fingerprint density at radius 3 is 2.62 bits per heavy atom. The molecule has 1 aliphatic heterocycles. The van der Waals surface area contributed by atoms with Crippen LogP contribution in [0.4, 0.5) is 5.69 Å². The van der Waals surface area contributed by atoms with Gasteiger partial charge in [-0.15, -0.1) is 11.8 Å². The normalized spacial score (nSPS) is 14.4. The van der Waals surface area contributed by atoms with E-state index in [1.807, 2.05) is 6.07 Å². The van der Waals surface area contributed by atoms with Crippen molar-refractivity contribution in [3.05, 3.63) is 52.0 Å². The van der Waals surface area contributed by atoms with Crippen molar-refractivity contribution >= 4 is 56.4 Å². The molecule has 0 saturated carbocycles. The van der Waals surface area contributed by atoms with Crippen LogP contribution in [0.25, 0.3) is 0 Å². The molecule has 8 heteroatoms. The molecule has 0 atom stereocenters. The molecular formula is C16H13Cl2NO3S2. The minimum absolute atomic E-state index is 0.0629. The zero-order chi connectivity index (χ0) is 17.5. The van der Waals surface area contributed by atoms with Crippen LogP contribution in [0.5, 0.6) is 0 Å². The van der Waals surface area contributed by atoms with E-state index >= 15 is 0 Å². The number of carbonyl (C=O) groups excluding carboxylic acids is 1. The largest absolute Gasteiger partial charge is 0.306 e. The maximum atomic E-state index is 13.0. The lowest BCUT2D eigenvalue weighted by Crippen LogP contribution is -2.35. The minimum atomic E-state index is -3.43. The van der Waals surface area contributed by atoms with Crippen LogP contribution in [-0.2, 0) is 9.84 Å². The summed E-state index contributed by atoms with van der Waals surface area (Å²) in [6, 6.07) is 9.53. The second-order valence-electron chi connectivity index (χ2n) is 5.33. The van der Waals surface area contributed by atoms with Crippen molar-refractivity contribution in [1.29, 1.82) is 0 Å². The maximum Gasteiger partial charge on any atom is 0.259 e. The Hall–Kier alpha value is -1.21. The molecule has 126 valence electrons. The van der Waals surface area contributed by atoms with E-state index in [9.17, 15) is 13.2 Å². The molecule has 2 aromatic carbocycles. The van der Waals surface area contributed by atoms with E-state index in [-0.39, 0.29) is 21.4 Å². The van der Waals surface area contributed by atoms with Crippen molar-refractivity contribution < 1.29 is 13.2 Å². The van der Waals surface area contributed by atoms with Crippen LogP contribution < -0.4 is 4.90 Å². The van der Waals surface area contributed by atoms with E-state index in [2.05, 4.69) is 0 Å². The van der Waals surface area contributed by atoms with Crippen LogP contribution in [0, 0.1) is 0 Å². The summed E-state index contributed by atoms with van der Waals surface area (Å²) in [7, 11) is -3.43. The lowest BCUT2D eigenvalue weighted by molar-refractivity contribution is 0.0987. The van der Waals surface area contributed by atoms with E-state index in [0.29, 0.717) is 17.3 Å². The van der Waals surface area contributed by atoms with E-state index in [0.717, 1.165) is 16.9 Å². The van der Waals surface area contributed by atoms with Crippen molar-refractivity contribution in [2.24, 2.45) is 0 Å². The molecule has 2 aromatic rings. The van der Waals surface area contributed by atoms with Gasteiger partial charge in [0.2, 0.25) is 0 Å². The average Bonchev–Trinajstić information content (AvgIpc) is 2.53. The van der Waals surface area contributed by atoms with E-state index < -0.39 is 9.84 Å². The predicted octanol–water partition coefficient (Wildman–Crippen LogP) is 4.15. The summed E-state index contributed by atoms with van der Waals surface area (Å²) in [4.78, 5) is 15.6. The van der Waals surface area contributed by atoms with Gasteiger partial charge in [-0.25, -0.2) is 8.42 Å². The van der Waals surface area contributed by atoms with Crippen molar-refractivity contribution in [2.45, 2.75) is 9.79 Å². The number of amides is 1. The highest BCUT2D eigenvalue weighted by atomic mass is 35.5. The molecule has 0 aliphatic carbocycles. The van der Waals surface area contributed by atoms with Gasteiger partial charge in [-0.05, 0) is 36.4 Å². The average molecular weight is 402 g/mol. The number of hydrogen-bond donors (Lipinski definition) is 0. The fourth-order valence-corrected chi connectivity index (χ4v) is 4.43. The van der Waals surface area contributed by atoms with Gasteiger partial charge < -0.3 is 4.90 Å². The Labute approximate surface area is 154 Å². The summed E-state index contributed by atoms with van der Waals surface area (Å²) in [6.45, 7) is 0.496. The highest BCUT2D eigenvalue weighted by Gasteiger charge is 2.26. The number of fused-ring (bicyclic) bond motifs is 1. The Kier molecular flexibility index (Phi) is 4.84. The molecular weight excluding hydrogens is 389 g/mol. The van der Waals surface area contributed by atoms with Crippen molar-refractivity contribution in [1.82, 2.24) is 0 Å². The lowest BCUT2D eigenvalue weighted by atomic mass is 10.1. The molecule has 4 nitrogen and oxygen atoms in total. The van der Waals surface area contributed by atoms with Crippen LogP contribution >= 0.6 is 35.0 Å². The van der Waals surface area contributed by atoms with Crippen molar-refractivity contribution in [3.63, 3.8) is 0 Å². The monoisotopic (exact) mass is 401 g/mol. The predicted molar refractivity (Wildman–Crippen MR) is 98.4 cm³/mol. The first-order valence-corrected chi connectivity index (χ1v) is 10.6. The summed E-state index contributed by atoms with van der Waals surface area (Å²) in [5.41, 5.74) is 0.877. The standard InChI is InChI=1S/C16H13Cl2NO3S2/c1-24(21,22)11-3-4-13(18)12(9-11)16(20)19-6-7-23-15-5-2-10(17)8-14(15)19/h2-5,8-9H,6-7H2,1H3. The molecule has 0 fully saturated rings. The Bertz CT molecular complexity index is 929. The quantitative estimate of drug-likeness (QED) is 0.758. The van der Waals surface area contributed by atoms with Gasteiger partial charge in [0.05, 0.1) is 21.2 Å². The lowest BCUT2D eigenvalue weighted by Gasteiger charge is -2.29. The molecule has 0 saturated heterocycles. The summed E-state index contributed by atoms with van der Waals surface area (Å²) in [6.07, 6.45) is 1.09. The van der Waals surface area contributed by atoms with Crippen molar-refractivity contribution in [2.75, 3.05) is 23.5 Å². The molecule has 0 unspecified atom stereocenters.